The molecule has 0 spiro atoms. The smallest absolute Gasteiger partial charge is 0.323 e. The van der Waals surface area contributed by atoms with Crippen molar-refractivity contribution in [2.24, 2.45) is 11.3 Å². The molecule has 1 aliphatic rings. The van der Waals surface area contributed by atoms with Crippen molar-refractivity contribution in [3.05, 3.63) is 72.8 Å². The fraction of sp³-hybridized carbons (Fsp3) is 0.360. The molecule has 31 heavy (non-hydrogen) atoms. The number of carbonyl (C=O) groups excluding carboxylic acids is 2. The van der Waals surface area contributed by atoms with Crippen LogP contribution in [0.1, 0.15) is 19.8 Å². The Balaban J connectivity index is 2.05. The van der Waals surface area contributed by atoms with Crippen LogP contribution in [0, 0.1) is 11.3 Å². The number of esters is 2. The summed E-state index contributed by atoms with van der Waals surface area (Å²) >= 11 is 0. The lowest BCUT2D eigenvalue weighted by atomic mass is 9.85. The van der Waals surface area contributed by atoms with Gasteiger partial charge >= 0.3 is 11.9 Å². The van der Waals surface area contributed by atoms with Crippen LogP contribution >= 0.6 is 0 Å². The summed E-state index contributed by atoms with van der Waals surface area (Å²) in [6.07, 6.45) is 4.16. The Bertz CT molecular complexity index is 870. The Morgan fingerprint density at radius 2 is 1.39 bits per heavy atom. The Morgan fingerprint density at radius 1 is 0.903 bits per heavy atom. The second-order valence-electron chi connectivity index (χ2n) is 8.08. The molecule has 1 aliphatic carbocycles. The Labute approximate surface area is 185 Å². The van der Waals surface area contributed by atoms with Crippen LogP contribution < -0.4 is 10.4 Å². The van der Waals surface area contributed by atoms with Gasteiger partial charge in [0, 0.05) is 5.92 Å². The molecule has 2 aromatic rings. The number of ether oxygens (including phenoxy) is 2. The molecule has 164 valence electrons. The summed E-state index contributed by atoms with van der Waals surface area (Å²) < 4.78 is 17.0. The first-order valence-electron chi connectivity index (χ1n) is 10.5. The van der Waals surface area contributed by atoms with Gasteiger partial charge < -0.3 is 13.9 Å². The molecule has 0 unspecified atom stereocenters. The van der Waals surface area contributed by atoms with Crippen LogP contribution in [-0.4, -0.2) is 40.6 Å². The van der Waals surface area contributed by atoms with Gasteiger partial charge in [0.15, 0.2) is 5.41 Å². The minimum absolute atomic E-state index is 0.109. The van der Waals surface area contributed by atoms with Gasteiger partial charge in [0.05, 0.1) is 20.3 Å². The summed E-state index contributed by atoms with van der Waals surface area (Å²) in [5.74, 6) is -1.24. The topological polar surface area (TPSA) is 61.8 Å². The fourth-order valence-corrected chi connectivity index (χ4v) is 7.73. The zero-order chi connectivity index (χ0) is 22.5. The molecule has 0 amide bonds. The number of benzene rings is 2. The van der Waals surface area contributed by atoms with Gasteiger partial charge in [-0.1, -0.05) is 72.8 Å². The molecule has 2 aromatic carbocycles. The summed E-state index contributed by atoms with van der Waals surface area (Å²) in [5.41, 5.74) is -1.36. The molecule has 0 bridgehead atoms. The first kappa shape index (κ1) is 23.0. The molecular formula is C25H30O5Si. The van der Waals surface area contributed by atoms with Crippen LogP contribution in [0.25, 0.3) is 0 Å². The van der Waals surface area contributed by atoms with Gasteiger partial charge in [-0.05, 0) is 36.7 Å². The van der Waals surface area contributed by atoms with Gasteiger partial charge in [0.1, 0.15) is 0 Å². The average Bonchev–Trinajstić information content (AvgIpc) is 3.18. The third kappa shape index (κ3) is 4.36. The number of methoxy groups -OCH3 is 2. The van der Waals surface area contributed by atoms with Gasteiger partial charge in [0.25, 0.3) is 8.32 Å². The summed E-state index contributed by atoms with van der Waals surface area (Å²) in [6, 6.07) is 20.4. The van der Waals surface area contributed by atoms with E-state index in [0.717, 1.165) is 10.4 Å². The van der Waals surface area contributed by atoms with E-state index < -0.39 is 25.7 Å². The normalized spacial score (nSPS) is 20.5. The highest BCUT2D eigenvalue weighted by Gasteiger charge is 2.58. The Morgan fingerprint density at radius 3 is 1.81 bits per heavy atom. The number of carbonyl (C=O) groups is 2. The molecule has 3 rings (SSSR count). The SMILES string of the molecule is C/C=C/[C@@H]1CC(C(=O)OC)(C(=O)OC)C[C@@H]1O[Si](C)(c1ccccc1)c1ccccc1. The lowest BCUT2D eigenvalue weighted by molar-refractivity contribution is -0.169. The van der Waals surface area contributed by atoms with Crippen molar-refractivity contribution >= 4 is 30.6 Å². The van der Waals surface area contributed by atoms with Crippen molar-refractivity contribution in [2.75, 3.05) is 14.2 Å². The molecular weight excluding hydrogens is 408 g/mol. The average molecular weight is 439 g/mol. The predicted molar refractivity (Wildman–Crippen MR) is 123 cm³/mol. The maximum absolute atomic E-state index is 12.7. The zero-order valence-electron chi connectivity index (χ0n) is 18.5. The molecule has 6 heteroatoms. The summed E-state index contributed by atoms with van der Waals surface area (Å²) in [7, 11) is -0.0196. The van der Waals surface area contributed by atoms with Gasteiger partial charge in [0.2, 0.25) is 0 Å². The predicted octanol–water partition coefficient (Wildman–Crippen LogP) is 3.08. The van der Waals surface area contributed by atoms with Crippen molar-refractivity contribution in [1.29, 1.82) is 0 Å². The maximum Gasteiger partial charge on any atom is 0.323 e. The minimum Gasteiger partial charge on any atom is -0.468 e. The van der Waals surface area contributed by atoms with Crippen molar-refractivity contribution in [3.8, 4) is 0 Å². The van der Waals surface area contributed by atoms with Crippen LogP contribution in [0.15, 0.2) is 72.8 Å². The second-order valence-corrected chi connectivity index (χ2v) is 11.5. The molecule has 0 aliphatic heterocycles. The molecule has 5 nitrogen and oxygen atoms in total. The van der Waals surface area contributed by atoms with E-state index in [0.29, 0.717) is 6.42 Å². The van der Waals surface area contributed by atoms with Crippen LogP contribution in [0.5, 0.6) is 0 Å². The van der Waals surface area contributed by atoms with Crippen molar-refractivity contribution < 1.29 is 23.5 Å². The number of hydrogen-bond acceptors (Lipinski definition) is 5. The first-order chi connectivity index (χ1) is 14.9. The minimum atomic E-state index is -2.63. The zero-order valence-corrected chi connectivity index (χ0v) is 19.5. The molecule has 0 heterocycles. The quantitative estimate of drug-likeness (QED) is 0.288. The molecule has 0 saturated heterocycles. The van der Waals surface area contributed by atoms with E-state index in [1.165, 1.54) is 14.2 Å². The number of rotatable bonds is 7. The molecule has 1 fully saturated rings. The molecule has 1 saturated carbocycles. The molecule has 2 atom stereocenters. The monoisotopic (exact) mass is 438 g/mol. The van der Waals surface area contributed by atoms with Gasteiger partial charge in [-0.15, -0.1) is 0 Å². The first-order valence-corrected chi connectivity index (χ1v) is 12.9. The van der Waals surface area contributed by atoms with Gasteiger partial charge in [-0.2, -0.15) is 0 Å². The summed E-state index contributed by atoms with van der Waals surface area (Å²) in [4.78, 5) is 25.5. The van der Waals surface area contributed by atoms with E-state index >= 15 is 0 Å². The highest BCUT2D eigenvalue weighted by molar-refractivity contribution is 6.96. The highest BCUT2D eigenvalue weighted by atomic mass is 28.4. The van der Waals surface area contributed by atoms with Crippen LogP contribution in [0.2, 0.25) is 6.55 Å². The van der Waals surface area contributed by atoms with Crippen molar-refractivity contribution in [3.63, 3.8) is 0 Å². The van der Waals surface area contributed by atoms with E-state index in [1.807, 2.05) is 55.5 Å². The van der Waals surface area contributed by atoms with Crippen LogP contribution in [0.4, 0.5) is 0 Å². The number of allylic oxidation sites excluding steroid dienone is 1. The standard InChI is InChI=1S/C25H30O5Si/c1-5-12-19-17-25(23(26)28-2,24(27)29-3)18-22(19)30-31(4,20-13-8-6-9-14-20)21-15-10-7-11-16-21/h5-16,19,22H,17-18H2,1-4H3/b12-5+/t19-,22+/m1/s1. The Kier molecular flexibility index (Phi) is 7.13. The highest BCUT2D eigenvalue weighted by Crippen LogP contribution is 2.46. The van der Waals surface area contributed by atoms with E-state index in [2.05, 4.69) is 30.8 Å². The summed E-state index contributed by atoms with van der Waals surface area (Å²) in [5, 5.41) is 2.27. The van der Waals surface area contributed by atoms with E-state index in [4.69, 9.17) is 13.9 Å². The van der Waals surface area contributed by atoms with Crippen LogP contribution in [0.3, 0.4) is 0 Å². The maximum atomic E-state index is 12.7. The third-order valence-electron chi connectivity index (χ3n) is 6.24. The van der Waals surface area contributed by atoms with Crippen molar-refractivity contribution in [1.82, 2.24) is 0 Å². The van der Waals surface area contributed by atoms with Gasteiger partial charge in [-0.25, -0.2) is 0 Å². The number of hydrogen-bond donors (Lipinski definition) is 0. The lowest BCUT2D eigenvalue weighted by Gasteiger charge is -2.34. The largest absolute Gasteiger partial charge is 0.468 e. The Hall–Kier alpha value is -2.70. The molecule has 0 aromatic heterocycles. The summed E-state index contributed by atoms with van der Waals surface area (Å²) in [6.45, 7) is 4.10. The van der Waals surface area contributed by atoms with Crippen molar-refractivity contribution in [2.45, 2.75) is 32.4 Å². The van der Waals surface area contributed by atoms with Gasteiger partial charge in [-0.3, -0.25) is 9.59 Å². The van der Waals surface area contributed by atoms with E-state index in [9.17, 15) is 9.59 Å². The third-order valence-corrected chi connectivity index (χ3v) is 9.88. The second kappa shape index (κ2) is 9.62. The van der Waals surface area contributed by atoms with E-state index in [1.54, 1.807) is 0 Å². The molecule has 0 N–H and O–H groups in total. The molecule has 0 radical (unpaired) electrons. The fourth-order valence-electron chi connectivity index (χ4n) is 4.61. The van der Waals surface area contributed by atoms with Crippen LogP contribution in [-0.2, 0) is 23.5 Å². The lowest BCUT2D eigenvalue weighted by Crippen LogP contribution is -2.60. The van der Waals surface area contributed by atoms with E-state index in [-0.39, 0.29) is 18.4 Å².